The van der Waals surface area contributed by atoms with Gasteiger partial charge in [-0.25, -0.2) is 12.7 Å². The van der Waals surface area contributed by atoms with Crippen LogP contribution in [-0.2, 0) is 22.4 Å². The van der Waals surface area contributed by atoms with Crippen LogP contribution in [0.3, 0.4) is 0 Å². The monoisotopic (exact) mass is 269 g/mol. The van der Waals surface area contributed by atoms with Gasteiger partial charge in [0.15, 0.2) is 0 Å². The summed E-state index contributed by atoms with van der Waals surface area (Å²) in [4.78, 5) is 0. The van der Waals surface area contributed by atoms with Crippen molar-refractivity contribution in [1.29, 1.82) is 0 Å². The maximum atomic E-state index is 12.2. The van der Waals surface area contributed by atoms with E-state index in [1.54, 1.807) is 31.3 Å². The Hall–Kier alpha value is -0.910. The van der Waals surface area contributed by atoms with E-state index in [0.29, 0.717) is 0 Å². The number of hydrogen-bond acceptors (Lipinski definition) is 3. The SMILES string of the molecule is CN(C1CCC1)S(=O)(=O)Cc1ccc(CO)cc1. The molecule has 0 radical (unpaired) electrons. The lowest BCUT2D eigenvalue weighted by molar-refractivity contribution is 0.249. The molecule has 1 N–H and O–H groups in total. The fourth-order valence-corrected chi connectivity index (χ4v) is 3.51. The highest BCUT2D eigenvalue weighted by atomic mass is 32.2. The Morgan fingerprint density at radius 3 is 2.22 bits per heavy atom. The molecule has 2 rings (SSSR count). The summed E-state index contributed by atoms with van der Waals surface area (Å²) in [5.41, 5.74) is 1.56. The van der Waals surface area contributed by atoms with E-state index in [1.165, 1.54) is 4.31 Å². The Bertz CT molecular complexity index is 491. The highest BCUT2D eigenvalue weighted by Crippen LogP contribution is 2.26. The number of benzene rings is 1. The Morgan fingerprint density at radius 2 is 1.78 bits per heavy atom. The number of aliphatic hydroxyl groups excluding tert-OH is 1. The van der Waals surface area contributed by atoms with Gasteiger partial charge in [-0.1, -0.05) is 30.7 Å². The summed E-state index contributed by atoms with van der Waals surface area (Å²) in [6, 6.07) is 7.23. The first-order valence-corrected chi connectivity index (χ1v) is 7.78. The largest absolute Gasteiger partial charge is 0.392 e. The molecular weight excluding hydrogens is 250 g/mol. The van der Waals surface area contributed by atoms with Crippen LogP contribution in [0.2, 0.25) is 0 Å². The van der Waals surface area contributed by atoms with Gasteiger partial charge in [0, 0.05) is 13.1 Å². The van der Waals surface area contributed by atoms with Crippen LogP contribution in [0.15, 0.2) is 24.3 Å². The van der Waals surface area contributed by atoms with Gasteiger partial charge < -0.3 is 5.11 Å². The molecule has 5 heteroatoms. The Morgan fingerprint density at radius 1 is 1.22 bits per heavy atom. The first-order chi connectivity index (χ1) is 8.53. The fraction of sp³-hybridized carbons (Fsp3) is 0.538. The average Bonchev–Trinajstić information content (AvgIpc) is 2.27. The first kappa shape index (κ1) is 13.5. The summed E-state index contributed by atoms with van der Waals surface area (Å²) < 4.78 is 25.8. The van der Waals surface area contributed by atoms with Crippen LogP contribution in [0.5, 0.6) is 0 Å². The van der Waals surface area contributed by atoms with Gasteiger partial charge in [-0.15, -0.1) is 0 Å². The second-order valence-corrected chi connectivity index (χ2v) is 6.86. The Labute approximate surface area is 108 Å². The third-order valence-corrected chi connectivity index (χ3v) is 5.46. The Kier molecular flexibility index (Phi) is 4.04. The molecule has 0 atom stereocenters. The number of sulfonamides is 1. The summed E-state index contributed by atoms with van der Waals surface area (Å²) >= 11 is 0. The van der Waals surface area contributed by atoms with Gasteiger partial charge in [0.05, 0.1) is 12.4 Å². The Balaban J connectivity index is 2.06. The minimum absolute atomic E-state index is 0.0188. The van der Waals surface area contributed by atoms with Gasteiger partial charge in [-0.3, -0.25) is 0 Å². The smallest absolute Gasteiger partial charge is 0.218 e. The van der Waals surface area contributed by atoms with Crippen molar-refractivity contribution in [2.75, 3.05) is 7.05 Å². The topological polar surface area (TPSA) is 57.6 Å². The van der Waals surface area contributed by atoms with Gasteiger partial charge in [0.1, 0.15) is 0 Å². The fourth-order valence-electron chi connectivity index (χ4n) is 2.03. The molecule has 18 heavy (non-hydrogen) atoms. The minimum Gasteiger partial charge on any atom is -0.392 e. The predicted molar refractivity (Wildman–Crippen MR) is 70.4 cm³/mol. The average molecular weight is 269 g/mol. The molecule has 0 bridgehead atoms. The lowest BCUT2D eigenvalue weighted by Crippen LogP contribution is -2.41. The molecule has 1 aliphatic rings. The molecular formula is C13H19NO3S. The molecule has 1 saturated carbocycles. The molecule has 0 heterocycles. The quantitative estimate of drug-likeness (QED) is 0.881. The molecule has 1 aromatic carbocycles. The van der Waals surface area contributed by atoms with Gasteiger partial charge in [0.25, 0.3) is 0 Å². The van der Waals surface area contributed by atoms with Crippen LogP contribution in [0.1, 0.15) is 30.4 Å². The van der Waals surface area contributed by atoms with Crippen molar-refractivity contribution in [3.05, 3.63) is 35.4 Å². The zero-order valence-corrected chi connectivity index (χ0v) is 11.4. The third kappa shape index (κ3) is 2.91. The number of aliphatic hydroxyl groups is 1. The highest BCUT2D eigenvalue weighted by molar-refractivity contribution is 7.88. The molecule has 0 saturated heterocycles. The second-order valence-electron chi connectivity index (χ2n) is 4.83. The van der Waals surface area contributed by atoms with Gasteiger partial charge in [0.2, 0.25) is 10.0 Å². The van der Waals surface area contributed by atoms with Crippen molar-refractivity contribution in [1.82, 2.24) is 4.31 Å². The van der Waals surface area contributed by atoms with Gasteiger partial charge >= 0.3 is 0 Å². The van der Waals surface area contributed by atoms with E-state index >= 15 is 0 Å². The molecule has 1 aromatic rings. The molecule has 1 fully saturated rings. The standard InChI is InChI=1S/C13H19NO3S/c1-14(13-3-2-4-13)18(16,17)10-12-7-5-11(9-15)6-8-12/h5-8,13,15H,2-4,9-10H2,1H3. The molecule has 100 valence electrons. The molecule has 4 nitrogen and oxygen atoms in total. The third-order valence-electron chi connectivity index (χ3n) is 3.58. The van der Waals surface area contributed by atoms with Crippen molar-refractivity contribution in [2.45, 2.75) is 37.7 Å². The van der Waals surface area contributed by atoms with E-state index in [1.807, 2.05) is 0 Å². The number of hydrogen-bond donors (Lipinski definition) is 1. The first-order valence-electron chi connectivity index (χ1n) is 6.17. The summed E-state index contributed by atoms with van der Waals surface area (Å²) in [5, 5.41) is 8.94. The van der Waals surface area contributed by atoms with Crippen molar-refractivity contribution >= 4 is 10.0 Å². The van der Waals surface area contributed by atoms with E-state index < -0.39 is 10.0 Å². The maximum Gasteiger partial charge on any atom is 0.218 e. The number of rotatable bonds is 5. The van der Waals surface area contributed by atoms with Crippen molar-refractivity contribution in [3.63, 3.8) is 0 Å². The highest BCUT2D eigenvalue weighted by Gasteiger charge is 2.30. The number of nitrogens with zero attached hydrogens (tertiary/aromatic N) is 1. The van der Waals surface area contributed by atoms with Crippen LogP contribution in [0.4, 0.5) is 0 Å². The molecule has 0 unspecified atom stereocenters. The van der Waals surface area contributed by atoms with E-state index in [9.17, 15) is 8.42 Å². The van der Waals surface area contributed by atoms with Crippen LogP contribution in [0, 0.1) is 0 Å². The lowest BCUT2D eigenvalue weighted by Gasteiger charge is -2.33. The molecule has 0 spiro atoms. The van der Waals surface area contributed by atoms with Crippen LogP contribution >= 0.6 is 0 Å². The van der Waals surface area contributed by atoms with E-state index in [4.69, 9.17) is 5.11 Å². The van der Waals surface area contributed by atoms with Gasteiger partial charge in [-0.2, -0.15) is 0 Å². The molecule has 0 aromatic heterocycles. The van der Waals surface area contributed by atoms with Crippen LogP contribution in [-0.4, -0.2) is 30.9 Å². The van der Waals surface area contributed by atoms with E-state index in [2.05, 4.69) is 0 Å². The zero-order chi connectivity index (χ0) is 13.2. The van der Waals surface area contributed by atoms with Crippen LogP contribution < -0.4 is 0 Å². The van der Waals surface area contributed by atoms with Crippen molar-refractivity contribution in [2.24, 2.45) is 0 Å². The molecule has 0 amide bonds. The zero-order valence-electron chi connectivity index (χ0n) is 10.5. The molecule has 1 aliphatic carbocycles. The maximum absolute atomic E-state index is 12.2. The second kappa shape index (κ2) is 5.38. The van der Waals surface area contributed by atoms with E-state index in [-0.39, 0.29) is 18.4 Å². The predicted octanol–water partition coefficient (Wildman–Crippen LogP) is 1.49. The van der Waals surface area contributed by atoms with Crippen molar-refractivity contribution < 1.29 is 13.5 Å². The van der Waals surface area contributed by atoms with Gasteiger partial charge in [-0.05, 0) is 24.0 Å². The van der Waals surface area contributed by atoms with E-state index in [0.717, 1.165) is 30.4 Å². The summed E-state index contributed by atoms with van der Waals surface area (Å²) in [6.45, 7) is -0.0188. The molecule has 0 aliphatic heterocycles. The minimum atomic E-state index is -3.22. The van der Waals surface area contributed by atoms with Crippen LogP contribution in [0.25, 0.3) is 0 Å². The summed E-state index contributed by atoms with van der Waals surface area (Å²) in [6.07, 6.45) is 3.06. The summed E-state index contributed by atoms with van der Waals surface area (Å²) in [7, 11) is -1.55. The summed E-state index contributed by atoms with van der Waals surface area (Å²) in [5.74, 6) is 0.0334. The lowest BCUT2D eigenvalue weighted by atomic mass is 9.94. The van der Waals surface area contributed by atoms with Crippen molar-refractivity contribution in [3.8, 4) is 0 Å². The normalized spacial score (nSPS) is 16.8.